The van der Waals surface area contributed by atoms with E-state index < -0.39 is 0 Å². The maximum atomic E-state index is 9.77. The van der Waals surface area contributed by atoms with Gasteiger partial charge < -0.3 is 19.7 Å². The lowest BCUT2D eigenvalue weighted by Crippen LogP contribution is -2.14. The van der Waals surface area contributed by atoms with Gasteiger partial charge in [-0.3, -0.25) is 0 Å². The summed E-state index contributed by atoms with van der Waals surface area (Å²) in [4.78, 5) is 0. The van der Waals surface area contributed by atoms with Crippen molar-refractivity contribution in [2.75, 3.05) is 20.3 Å². The van der Waals surface area contributed by atoms with Gasteiger partial charge in [0.2, 0.25) is 0 Å². The molecular formula is C17H28O4. The molecule has 0 bridgehead atoms. The van der Waals surface area contributed by atoms with Crippen LogP contribution in [0.4, 0.5) is 0 Å². The van der Waals surface area contributed by atoms with Crippen molar-refractivity contribution in [1.29, 1.82) is 0 Å². The van der Waals surface area contributed by atoms with E-state index in [1.54, 1.807) is 7.11 Å². The SMILES string of the molecule is COc1ccc(COCCCC[C@@H](O)C[C@H](C)CO)cc1. The monoisotopic (exact) mass is 296 g/mol. The fourth-order valence-corrected chi connectivity index (χ4v) is 2.15. The van der Waals surface area contributed by atoms with Gasteiger partial charge in [-0.1, -0.05) is 19.1 Å². The first-order valence-electron chi connectivity index (χ1n) is 7.65. The highest BCUT2D eigenvalue weighted by molar-refractivity contribution is 5.26. The second kappa shape index (κ2) is 10.6. The van der Waals surface area contributed by atoms with Crippen molar-refractivity contribution in [3.8, 4) is 5.75 Å². The van der Waals surface area contributed by atoms with E-state index in [0.717, 1.165) is 30.6 Å². The number of aliphatic hydroxyl groups is 2. The van der Waals surface area contributed by atoms with E-state index in [2.05, 4.69) is 0 Å². The van der Waals surface area contributed by atoms with Gasteiger partial charge in [0.15, 0.2) is 0 Å². The molecule has 1 aromatic rings. The maximum Gasteiger partial charge on any atom is 0.118 e. The van der Waals surface area contributed by atoms with Crippen molar-refractivity contribution in [2.45, 2.75) is 45.3 Å². The third-order valence-corrected chi connectivity index (χ3v) is 3.49. The number of hydrogen-bond donors (Lipinski definition) is 2. The van der Waals surface area contributed by atoms with Gasteiger partial charge in [-0.25, -0.2) is 0 Å². The van der Waals surface area contributed by atoms with Crippen molar-refractivity contribution in [2.24, 2.45) is 5.92 Å². The molecule has 0 heterocycles. The molecule has 0 fully saturated rings. The molecule has 1 aromatic carbocycles. The minimum Gasteiger partial charge on any atom is -0.497 e. The van der Waals surface area contributed by atoms with Gasteiger partial charge in [0.05, 0.1) is 19.8 Å². The molecule has 2 atom stereocenters. The average Bonchev–Trinajstić information content (AvgIpc) is 2.51. The van der Waals surface area contributed by atoms with E-state index >= 15 is 0 Å². The van der Waals surface area contributed by atoms with Crippen LogP contribution in [0.1, 0.15) is 38.2 Å². The minimum absolute atomic E-state index is 0.141. The predicted molar refractivity (Wildman–Crippen MR) is 83.4 cm³/mol. The van der Waals surface area contributed by atoms with Crippen molar-refractivity contribution >= 4 is 0 Å². The smallest absolute Gasteiger partial charge is 0.118 e. The minimum atomic E-state index is -0.311. The Morgan fingerprint density at radius 1 is 1.14 bits per heavy atom. The van der Waals surface area contributed by atoms with E-state index in [1.165, 1.54) is 0 Å². The molecule has 0 saturated heterocycles. The van der Waals surface area contributed by atoms with E-state index in [4.69, 9.17) is 14.6 Å². The summed E-state index contributed by atoms with van der Waals surface area (Å²) in [7, 11) is 1.65. The Morgan fingerprint density at radius 2 is 1.86 bits per heavy atom. The second-order valence-corrected chi connectivity index (χ2v) is 5.57. The van der Waals surface area contributed by atoms with Crippen LogP contribution < -0.4 is 4.74 Å². The first-order valence-corrected chi connectivity index (χ1v) is 7.65. The van der Waals surface area contributed by atoms with Gasteiger partial charge in [-0.2, -0.15) is 0 Å². The number of hydrogen-bond acceptors (Lipinski definition) is 4. The van der Waals surface area contributed by atoms with Crippen LogP contribution in [0.5, 0.6) is 5.75 Å². The van der Waals surface area contributed by atoms with Crippen LogP contribution >= 0.6 is 0 Å². The summed E-state index contributed by atoms with van der Waals surface area (Å²) in [6.07, 6.45) is 3.02. The van der Waals surface area contributed by atoms with Crippen LogP contribution in [-0.4, -0.2) is 36.6 Å². The van der Waals surface area contributed by atoms with Crippen LogP contribution in [0.3, 0.4) is 0 Å². The molecule has 0 aliphatic rings. The van der Waals surface area contributed by atoms with Crippen molar-refractivity contribution < 1.29 is 19.7 Å². The summed E-state index contributed by atoms with van der Waals surface area (Å²) in [5, 5.41) is 18.7. The van der Waals surface area contributed by atoms with Crippen molar-refractivity contribution in [3.05, 3.63) is 29.8 Å². The Bertz CT molecular complexity index is 364. The van der Waals surface area contributed by atoms with Gasteiger partial charge in [0.1, 0.15) is 5.75 Å². The third kappa shape index (κ3) is 8.05. The fourth-order valence-electron chi connectivity index (χ4n) is 2.15. The molecule has 4 heteroatoms. The van der Waals surface area contributed by atoms with E-state index in [0.29, 0.717) is 19.6 Å². The summed E-state index contributed by atoms with van der Waals surface area (Å²) >= 11 is 0. The summed E-state index contributed by atoms with van der Waals surface area (Å²) < 4.78 is 10.7. The highest BCUT2D eigenvalue weighted by atomic mass is 16.5. The molecule has 0 spiro atoms. The summed E-state index contributed by atoms with van der Waals surface area (Å²) in [5.74, 6) is 1.02. The zero-order valence-electron chi connectivity index (χ0n) is 13.1. The van der Waals surface area contributed by atoms with E-state index in [9.17, 15) is 5.11 Å². The maximum absolute atomic E-state index is 9.77. The quantitative estimate of drug-likeness (QED) is 0.616. The number of ether oxygens (including phenoxy) is 2. The topological polar surface area (TPSA) is 58.9 Å². The van der Waals surface area contributed by atoms with Crippen molar-refractivity contribution in [1.82, 2.24) is 0 Å². The highest BCUT2D eigenvalue weighted by Crippen LogP contribution is 2.13. The molecule has 0 aromatic heterocycles. The summed E-state index contributed by atoms with van der Waals surface area (Å²) in [6.45, 7) is 3.39. The number of unbranched alkanes of at least 4 members (excludes halogenated alkanes) is 1. The molecular weight excluding hydrogens is 268 g/mol. The van der Waals surface area contributed by atoms with Crippen LogP contribution in [-0.2, 0) is 11.3 Å². The van der Waals surface area contributed by atoms with E-state index in [-0.39, 0.29) is 18.6 Å². The molecule has 21 heavy (non-hydrogen) atoms. The molecule has 0 amide bonds. The Labute approximate surface area is 127 Å². The van der Waals surface area contributed by atoms with Gasteiger partial charge in [-0.15, -0.1) is 0 Å². The summed E-state index contributed by atoms with van der Waals surface area (Å²) in [5.41, 5.74) is 1.13. The molecule has 1 rings (SSSR count). The number of benzene rings is 1. The van der Waals surface area contributed by atoms with Crippen LogP contribution in [0.25, 0.3) is 0 Å². The lowest BCUT2D eigenvalue weighted by atomic mass is 10.0. The van der Waals surface area contributed by atoms with Gasteiger partial charge >= 0.3 is 0 Å². The Hall–Kier alpha value is -1.10. The second-order valence-electron chi connectivity index (χ2n) is 5.57. The zero-order chi connectivity index (χ0) is 15.5. The molecule has 0 aliphatic heterocycles. The van der Waals surface area contributed by atoms with Gasteiger partial charge in [0.25, 0.3) is 0 Å². The lowest BCUT2D eigenvalue weighted by molar-refractivity contribution is 0.0967. The molecule has 0 unspecified atom stereocenters. The zero-order valence-corrected chi connectivity index (χ0v) is 13.1. The normalized spacial score (nSPS) is 13.9. The van der Waals surface area contributed by atoms with Gasteiger partial charge in [0, 0.05) is 13.2 Å². The standard InChI is InChI=1S/C17H28O4/c1-14(12-18)11-16(19)5-3-4-10-21-13-15-6-8-17(20-2)9-7-15/h6-9,14,16,18-19H,3-5,10-13H2,1-2H3/t14-,16+/m0/s1. The van der Waals surface area contributed by atoms with Crippen molar-refractivity contribution in [3.63, 3.8) is 0 Å². The van der Waals surface area contributed by atoms with Crippen LogP contribution in [0.15, 0.2) is 24.3 Å². The first-order chi connectivity index (χ1) is 10.2. The largest absolute Gasteiger partial charge is 0.497 e. The number of methoxy groups -OCH3 is 1. The molecule has 120 valence electrons. The first kappa shape index (κ1) is 18.0. The Morgan fingerprint density at radius 3 is 2.48 bits per heavy atom. The third-order valence-electron chi connectivity index (χ3n) is 3.49. The molecule has 4 nitrogen and oxygen atoms in total. The Balaban J connectivity index is 2.03. The fraction of sp³-hybridized carbons (Fsp3) is 0.647. The predicted octanol–water partition coefficient (Wildman–Crippen LogP) is 2.76. The van der Waals surface area contributed by atoms with Crippen LogP contribution in [0, 0.1) is 5.92 Å². The molecule has 2 N–H and O–H groups in total. The molecule has 0 radical (unpaired) electrons. The Kier molecular flexibility index (Phi) is 9.06. The molecule has 0 saturated carbocycles. The lowest BCUT2D eigenvalue weighted by Gasteiger charge is -2.14. The summed E-state index contributed by atoms with van der Waals surface area (Å²) in [6, 6.07) is 7.85. The number of rotatable bonds is 11. The highest BCUT2D eigenvalue weighted by Gasteiger charge is 2.08. The van der Waals surface area contributed by atoms with Crippen LogP contribution in [0.2, 0.25) is 0 Å². The average molecular weight is 296 g/mol. The van der Waals surface area contributed by atoms with Gasteiger partial charge in [-0.05, 0) is 49.3 Å². The van der Waals surface area contributed by atoms with E-state index in [1.807, 2.05) is 31.2 Å². The molecule has 0 aliphatic carbocycles. The number of aliphatic hydroxyl groups excluding tert-OH is 2.